The van der Waals surface area contributed by atoms with E-state index in [1.54, 1.807) is 6.20 Å². The van der Waals surface area contributed by atoms with Crippen molar-refractivity contribution in [2.45, 2.75) is 45.3 Å². The van der Waals surface area contributed by atoms with Crippen LogP contribution in [-0.4, -0.2) is 48.6 Å². The van der Waals surface area contributed by atoms with E-state index in [9.17, 15) is 4.79 Å². The molecule has 3 aromatic heterocycles. The first kappa shape index (κ1) is 24.8. The minimum absolute atomic E-state index is 0.0157. The Labute approximate surface area is 220 Å². The van der Waals surface area contributed by atoms with Crippen molar-refractivity contribution >= 4 is 40.0 Å². The Balaban J connectivity index is 1.30. The fourth-order valence-electron chi connectivity index (χ4n) is 4.67. The van der Waals surface area contributed by atoms with Gasteiger partial charge >= 0.3 is 0 Å². The van der Waals surface area contributed by atoms with Gasteiger partial charge < -0.3 is 19.9 Å². The molecule has 5 rings (SSSR count). The Morgan fingerprint density at radius 1 is 1.32 bits per heavy atom. The largest absolute Gasteiger partial charge is 0.487 e. The number of likely N-dealkylation sites (tertiary alicyclic amines) is 1. The first-order valence-corrected chi connectivity index (χ1v) is 12.8. The molecule has 2 N–H and O–H groups in total. The molecular formula is C27H30ClN7O2. The molecule has 0 radical (unpaired) electrons. The van der Waals surface area contributed by atoms with Crippen LogP contribution in [0.5, 0.6) is 5.75 Å². The number of carbonyl (C=O) groups is 1. The van der Waals surface area contributed by atoms with Gasteiger partial charge in [-0.05, 0) is 62.4 Å². The fourth-order valence-corrected chi connectivity index (χ4v) is 4.91. The summed E-state index contributed by atoms with van der Waals surface area (Å²) in [5, 5.41) is 9.20. The summed E-state index contributed by atoms with van der Waals surface area (Å²) >= 11 is 6.55. The van der Waals surface area contributed by atoms with Crippen LogP contribution in [0, 0.1) is 0 Å². The summed E-state index contributed by atoms with van der Waals surface area (Å²) in [5.74, 6) is 1.59. The van der Waals surface area contributed by atoms with E-state index in [0.717, 1.165) is 40.7 Å². The molecule has 1 amide bonds. The lowest BCUT2D eigenvalue weighted by molar-refractivity contribution is -0.127. The zero-order chi connectivity index (χ0) is 25.9. The summed E-state index contributed by atoms with van der Waals surface area (Å²) in [5.41, 5.74) is 3.69. The minimum Gasteiger partial charge on any atom is -0.487 e. The summed E-state index contributed by atoms with van der Waals surface area (Å²) in [7, 11) is 0. The van der Waals surface area contributed by atoms with Crippen molar-refractivity contribution in [2.75, 3.05) is 18.4 Å². The van der Waals surface area contributed by atoms with Crippen LogP contribution in [0.1, 0.15) is 49.8 Å². The highest BCUT2D eigenvalue weighted by Crippen LogP contribution is 2.37. The number of nitrogens with one attached hydrogen (secondary N) is 2. The van der Waals surface area contributed by atoms with Crippen LogP contribution in [0.2, 0.25) is 5.02 Å². The molecule has 0 spiro atoms. The van der Waals surface area contributed by atoms with Gasteiger partial charge in [0.05, 0.1) is 16.6 Å². The number of piperidine rings is 1. The van der Waals surface area contributed by atoms with Gasteiger partial charge in [-0.25, -0.2) is 9.97 Å². The number of hydrogen-bond donors (Lipinski definition) is 2. The molecule has 9 nitrogen and oxygen atoms in total. The van der Waals surface area contributed by atoms with Gasteiger partial charge in [0.1, 0.15) is 30.1 Å². The Hall–Kier alpha value is -3.85. The Kier molecular flexibility index (Phi) is 7.14. The third kappa shape index (κ3) is 5.32. The topological polar surface area (TPSA) is 101 Å². The summed E-state index contributed by atoms with van der Waals surface area (Å²) in [6, 6.07) is 5.89. The molecule has 37 heavy (non-hydrogen) atoms. The Morgan fingerprint density at radius 2 is 2.14 bits per heavy atom. The smallest absolute Gasteiger partial charge is 0.245 e. The predicted molar refractivity (Wildman–Crippen MR) is 144 cm³/mol. The van der Waals surface area contributed by atoms with Crippen LogP contribution in [-0.2, 0) is 11.4 Å². The number of rotatable bonds is 8. The molecule has 192 valence electrons. The Morgan fingerprint density at radius 3 is 2.84 bits per heavy atom. The van der Waals surface area contributed by atoms with Crippen molar-refractivity contribution in [3.8, 4) is 5.75 Å². The molecule has 1 aromatic carbocycles. The standard InChI is InChI=1S/C27H30ClN7O2/c1-4-24(36)34-9-7-19(8-10-34)21-13-29-26-25(21)27(31-16-30-26)33-20-5-6-23(22(28)11-20)37-15-18-12-32-35(14-18)17(2)3/h4-6,11-14,16-17,19H,1,7-10,15H2,2-3H3,(H2,29,30,31,33). The van der Waals surface area contributed by atoms with Gasteiger partial charge in [-0.2, -0.15) is 5.10 Å². The molecule has 1 aliphatic heterocycles. The highest BCUT2D eigenvalue weighted by Gasteiger charge is 2.26. The van der Waals surface area contributed by atoms with Crippen LogP contribution in [0.3, 0.4) is 0 Å². The molecule has 4 aromatic rings. The number of fused-ring (bicyclic) bond motifs is 1. The number of aromatic nitrogens is 5. The van der Waals surface area contributed by atoms with Crippen molar-refractivity contribution < 1.29 is 9.53 Å². The fraction of sp³-hybridized carbons (Fsp3) is 0.333. The molecule has 4 heterocycles. The van der Waals surface area contributed by atoms with Crippen LogP contribution in [0.15, 0.2) is 55.8 Å². The molecule has 0 saturated carbocycles. The average molecular weight is 520 g/mol. The number of amides is 1. The monoisotopic (exact) mass is 519 g/mol. The van der Waals surface area contributed by atoms with Gasteiger partial charge in [0, 0.05) is 42.8 Å². The molecule has 0 atom stereocenters. The SMILES string of the molecule is C=CC(=O)N1CCC(c2c[nH]c3ncnc(Nc4ccc(OCc5cnn(C(C)C)c5)c(Cl)c4)c23)CC1. The van der Waals surface area contributed by atoms with E-state index >= 15 is 0 Å². The quantitative estimate of drug-likeness (QED) is 0.294. The van der Waals surface area contributed by atoms with E-state index in [1.807, 2.05) is 40.2 Å². The maximum atomic E-state index is 12.0. The van der Waals surface area contributed by atoms with E-state index in [2.05, 4.69) is 45.8 Å². The molecule has 0 aliphatic carbocycles. The van der Waals surface area contributed by atoms with Gasteiger partial charge in [-0.15, -0.1) is 0 Å². The molecular weight excluding hydrogens is 490 g/mol. The number of halogens is 1. The second-order valence-corrected chi connectivity index (χ2v) is 9.88. The van der Waals surface area contributed by atoms with Crippen LogP contribution in [0.25, 0.3) is 11.0 Å². The van der Waals surface area contributed by atoms with Crippen molar-refractivity contribution in [2.24, 2.45) is 0 Å². The van der Waals surface area contributed by atoms with Gasteiger partial charge in [-0.3, -0.25) is 9.48 Å². The van der Waals surface area contributed by atoms with E-state index in [-0.39, 0.29) is 5.91 Å². The first-order chi connectivity index (χ1) is 17.9. The summed E-state index contributed by atoms with van der Waals surface area (Å²) in [6.45, 7) is 9.55. The van der Waals surface area contributed by atoms with Gasteiger partial charge in [0.25, 0.3) is 0 Å². The molecule has 0 bridgehead atoms. The van der Waals surface area contributed by atoms with Gasteiger partial charge in [0.2, 0.25) is 5.91 Å². The first-order valence-electron chi connectivity index (χ1n) is 12.4. The zero-order valence-electron chi connectivity index (χ0n) is 20.9. The molecule has 0 unspecified atom stereocenters. The normalized spacial score (nSPS) is 14.3. The number of ether oxygens (including phenoxy) is 1. The maximum Gasteiger partial charge on any atom is 0.245 e. The molecule has 10 heteroatoms. The Bertz CT molecular complexity index is 1420. The van der Waals surface area contributed by atoms with Crippen LogP contribution in [0.4, 0.5) is 11.5 Å². The van der Waals surface area contributed by atoms with Crippen molar-refractivity contribution in [1.82, 2.24) is 29.6 Å². The van der Waals surface area contributed by atoms with Gasteiger partial charge in [-0.1, -0.05) is 18.2 Å². The van der Waals surface area contributed by atoms with Crippen LogP contribution < -0.4 is 10.1 Å². The highest BCUT2D eigenvalue weighted by molar-refractivity contribution is 6.32. The van der Waals surface area contributed by atoms with Crippen molar-refractivity contribution in [3.63, 3.8) is 0 Å². The third-order valence-corrected chi connectivity index (χ3v) is 6.99. The second-order valence-electron chi connectivity index (χ2n) is 9.47. The zero-order valence-corrected chi connectivity index (χ0v) is 21.7. The van der Waals surface area contributed by atoms with E-state index in [1.165, 1.54) is 12.4 Å². The second kappa shape index (κ2) is 10.6. The summed E-state index contributed by atoms with van der Waals surface area (Å²) in [6.07, 6.45) is 10.4. The lowest BCUT2D eigenvalue weighted by atomic mass is 9.89. The lowest BCUT2D eigenvalue weighted by Gasteiger charge is -2.31. The third-order valence-electron chi connectivity index (χ3n) is 6.69. The van der Waals surface area contributed by atoms with E-state index in [0.29, 0.717) is 48.2 Å². The lowest BCUT2D eigenvalue weighted by Crippen LogP contribution is -2.36. The highest BCUT2D eigenvalue weighted by atomic mass is 35.5. The maximum absolute atomic E-state index is 12.0. The number of aromatic amines is 1. The number of nitrogens with zero attached hydrogens (tertiary/aromatic N) is 5. The summed E-state index contributed by atoms with van der Waals surface area (Å²) < 4.78 is 7.83. The number of anilines is 2. The molecule has 1 saturated heterocycles. The molecule has 1 aliphatic rings. The number of carbonyl (C=O) groups excluding carboxylic acids is 1. The average Bonchev–Trinajstić information content (AvgIpc) is 3.56. The van der Waals surface area contributed by atoms with E-state index in [4.69, 9.17) is 16.3 Å². The summed E-state index contributed by atoms with van der Waals surface area (Å²) in [4.78, 5) is 26.0. The number of benzene rings is 1. The number of H-pyrrole nitrogens is 1. The van der Waals surface area contributed by atoms with Crippen LogP contribution >= 0.6 is 11.6 Å². The van der Waals surface area contributed by atoms with E-state index < -0.39 is 0 Å². The number of hydrogen-bond acceptors (Lipinski definition) is 6. The van der Waals surface area contributed by atoms with Gasteiger partial charge in [0.15, 0.2) is 0 Å². The predicted octanol–water partition coefficient (Wildman–Crippen LogP) is 5.60. The minimum atomic E-state index is -0.0157. The van der Waals surface area contributed by atoms with Crippen molar-refractivity contribution in [3.05, 3.63) is 71.9 Å². The molecule has 1 fully saturated rings. The van der Waals surface area contributed by atoms with Crippen molar-refractivity contribution in [1.29, 1.82) is 0 Å².